The van der Waals surface area contributed by atoms with Gasteiger partial charge in [0.15, 0.2) is 0 Å². The van der Waals surface area contributed by atoms with Crippen molar-refractivity contribution in [2.75, 3.05) is 12.4 Å². The Morgan fingerprint density at radius 1 is 1.06 bits per heavy atom. The standard InChI is InChI=1S/C24H24ClN5O2/c1-15-13-30(14-26-15)20-10-9-18(11-21(20)32-4)27-23-28-19(12-22(29-23)24(2,3)31)16-5-7-17(25)8-6-16/h5-14,31H,1-4H3,(H,27,28,29). The summed E-state index contributed by atoms with van der Waals surface area (Å²) in [7, 11) is 1.62. The number of halogens is 1. The van der Waals surface area contributed by atoms with Crippen molar-refractivity contribution < 1.29 is 9.84 Å². The molecule has 32 heavy (non-hydrogen) atoms. The minimum absolute atomic E-state index is 0.364. The van der Waals surface area contributed by atoms with Gasteiger partial charge in [-0.1, -0.05) is 23.7 Å². The highest BCUT2D eigenvalue weighted by Crippen LogP contribution is 2.30. The molecule has 0 unspecified atom stereocenters. The molecule has 0 bridgehead atoms. The van der Waals surface area contributed by atoms with Gasteiger partial charge in [-0.25, -0.2) is 15.0 Å². The molecule has 4 aromatic rings. The number of methoxy groups -OCH3 is 1. The van der Waals surface area contributed by atoms with Gasteiger partial charge >= 0.3 is 0 Å². The average Bonchev–Trinajstić information content (AvgIpc) is 3.19. The van der Waals surface area contributed by atoms with Gasteiger partial charge < -0.3 is 19.7 Å². The molecule has 0 aliphatic carbocycles. The number of hydrogen-bond donors (Lipinski definition) is 2. The first kappa shape index (κ1) is 21.8. The number of anilines is 2. The van der Waals surface area contributed by atoms with Crippen molar-refractivity contribution in [3.8, 4) is 22.7 Å². The van der Waals surface area contributed by atoms with Crippen molar-refractivity contribution in [2.45, 2.75) is 26.4 Å². The average molecular weight is 450 g/mol. The van der Waals surface area contributed by atoms with Crippen LogP contribution in [0.2, 0.25) is 5.02 Å². The molecule has 2 aromatic carbocycles. The molecule has 0 aliphatic heterocycles. The second-order valence-corrected chi connectivity index (χ2v) is 8.40. The normalized spacial score (nSPS) is 11.4. The maximum Gasteiger partial charge on any atom is 0.228 e. The number of rotatable bonds is 6. The fraction of sp³-hybridized carbons (Fsp3) is 0.208. The fourth-order valence-corrected chi connectivity index (χ4v) is 3.36. The predicted octanol–water partition coefficient (Wildman–Crippen LogP) is 5.27. The van der Waals surface area contributed by atoms with E-state index in [4.69, 9.17) is 16.3 Å². The summed E-state index contributed by atoms with van der Waals surface area (Å²) in [6, 6.07) is 14.9. The van der Waals surface area contributed by atoms with Gasteiger partial charge in [-0.3, -0.25) is 0 Å². The molecule has 0 amide bonds. The number of aryl methyl sites for hydroxylation is 1. The summed E-state index contributed by atoms with van der Waals surface area (Å²) in [4.78, 5) is 13.5. The Morgan fingerprint density at radius 3 is 2.44 bits per heavy atom. The Labute approximate surface area is 191 Å². The Hall–Kier alpha value is -3.42. The van der Waals surface area contributed by atoms with Gasteiger partial charge in [0.1, 0.15) is 11.4 Å². The smallest absolute Gasteiger partial charge is 0.228 e. The van der Waals surface area contributed by atoms with Gasteiger partial charge in [0.2, 0.25) is 5.95 Å². The lowest BCUT2D eigenvalue weighted by Crippen LogP contribution is -2.19. The van der Waals surface area contributed by atoms with Crippen molar-refractivity contribution in [2.24, 2.45) is 0 Å². The summed E-state index contributed by atoms with van der Waals surface area (Å²) < 4.78 is 7.49. The predicted molar refractivity (Wildman–Crippen MR) is 126 cm³/mol. The van der Waals surface area contributed by atoms with Crippen LogP contribution < -0.4 is 10.1 Å². The van der Waals surface area contributed by atoms with Crippen LogP contribution in [0.25, 0.3) is 16.9 Å². The molecule has 2 N–H and O–H groups in total. The number of nitrogens with zero attached hydrogens (tertiary/aromatic N) is 4. The maximum absolute atomic E-state index is 10.6. The van der Waals surface area contributed by atoms with Crippen LogP contribution in [-0.2, 0) is 5.60 Å². The van der Waals surface area contributed by atoms with E-state index in [0.717, 1.165) is 22.6 Å². The van der Waals surface area contributed by atoms with E-state index in [-0.39, 0.29) is 0 Å². The van der Waals surface area contributed by atoms with E-state index in [1.807, 2.05) is 48.0 Å². The zero-order valence-electron chi connectivity index (χ0n) is 18.3. The minimum atomic E-state index is -1.14. The van der Waals surface area contributed by atoms with E-state index in [1.165, 1.54) is 0 Å². The van der Waals surface area contributed by atoms with E-state index >= 15 is 0 Å². The summed E-state index contributed by atoms with van der Waals surface area (Å²) in [6.45, 7) is 5.31. The van der Waals surface area contributed by atoms with Gasteiger partial charge in [0, 0.05) is 28.5 Å². The highest BCUT2D eigenvalue weighted by atomic mass is 35.5. The molecule has 2 aromatic heterocycles. The molecule has 4 rings (SSSR count). The van der Waals surface area contributed by atoms with Crippen molar-refractivity contribution >= 4 is 23.2 Å². The maximum atomic E-state index is 10.6. The number of ether oxygens (including phenoxy) is 1. The number of nitrogens with one attached hydrogen (secondary N) is 1. The molecule has 0 saturated carbocycles. The van der Waals surface area contributed by atoms with Crippen LogP contribution in [-0.4, -0.2) is 31.7 Å². The topological polar surface area (TPSA) is 85.1 Å². The summed E-state index contributed by atoms with van der Waals surface area (Å²) in [5.74, 6) is 1.03. The Kier molecular flexibility index (Phi) is 5.86. The first-order valence-electron chi connectivity index (χ1n) is 10.1. The summed E-state index contributed by atoms with van der Waals surface area (Å²) in [5, 5.41) is 14.4. The van der Waals surface area contributed by atoms with E-state index in [2.05, 4.69) is 20.3 Å². The van der Waals surface area contributed by atoms with Crippen molar-refractivity contribution in [3.63, 3.8) is 0 Å². The van der Waals surface area contributed by atoms with Gasteiger partial charge in [0.25, 0.3) is 0 Å². The zero-order valence-corrected chi connectivity index (χ0v) is 19.1. The highest BCUT2D eigenvalue weighted by Gasteiger charge is 2.21. The molecule has 0 atom stereocenters. The third kappa shape index (κ3) is 4.74. The van der Waals surface area contributed by atoms with Crippen LogP contribution in [0.4, 0.5) is 11.6 Å². The molecule has 0 saturated heterocycles. The second-order valence-electron chi connectivity index (χ2n) is 7.96. The van der Waals surface area contributed by atoms with E-state index in [9.17, 15) is 5.11 Å². The molecule has 0 aliphatic rings. The third-order valence-corrected chi connectivity index (χ3v) is 5.17. The summed E-state index contributed by atoms with van der Waals surface area (Å²) >= 11 is 6.03. The van der Waals surface area contributed by atoms with Crippen LogP contribution in [0.15, 0.2) is 61.1 Å². The molecule has 7 nitrogen and oxygen atoms in total. The lowest BCUT2D eigenvalue weighted by Gasteiger charge is -2.19. The van der Waals surface area contributed by atoms with Gasteiger partial charge in [0.05, 0.1) is 36.2 Å². The van der Waals surface area contributed by atoms with Crippen LogP contribution in [0.5, 0.6) is 5.75 Å². The largest absolute Gasteiger partial charge is 0.494 e. The van der Waals surface area contributed by atoms with Gasteiger partial charge in [-0.05, 0) is 51.1 Å². The first-order chi connectivity index (χ1) is 15.2. The van der Waals surface area contributed by atoms with Crippen LogP contribution in [0.3, 0.4) is 0 Å². The van der Waals surface area contributed by atoms with E-state index in [0.29, 0.717) is 28.1 Å². The van der Waals surface area contributed by atoms with Gasteiger partial charge in [-0.15, -0.1) is 0 Å². The van der Waals surface area contributed by atoms with Crippen molar-refractivity contribution in [3.05, 3.63) is 77.5 Å². The van der Waals surface area contributed by atoms with Crippen LogP contribution in [0, 0.1) is 6.92 Å². The lowest BCUT2D eigenvalue weighted by molar-refractivity contribution is 0.0739. The number of benzene rings is 2. The monoisotopic (exact) mass is 449 g/mol. The number of aliphatic hydroxyl groups is 1. The molecular formula is C24H24ClN5O2. The molecule has 2 heterocycles. The molecule has 0 radical (unpaired) electrons. The number of imidazole rings is 1. The third-order valence-electron chi connectivity index (χ3n) is 4.92. The quantitative estimate of drug-likeness (QED) is 0.417. The minimum Gasteiger partial charge on any atom is -0.494 e. The highest BCUT2D eigenvalue weighted by molar-refractivity contribution is 6.30. The van der Waals surface area contributed by atoms with Crippen LogP contribution >= 0.6 is 11.6 Å². The van der Waals surface area contributed by atoms with E-state index in [1.54, 1.807) is 45.5 Å². The second kappa shape index (κ2) is 8.61. The Bertz CT molecular complexity index is 1250. The summed E-state index contributed by atoms with van der Waals surface area (Å²) in [6.07, 6.45) is 3.67. The molecule has 0 spiro atoms. The molecular weight excluding hydrogens is 426 g/mol. The van der Waals surface area contributed by atoms with Crippen molar-refractivity contribution in [1.82, 2.24) is 19.5 Å². The van der Waals surface area contributed by atoms with E-state index < -0.39 is 5.60 Å². The fourth-order valence-electron chi connectivity index (χ4n) is 3.24. The molecule has 8 heteroatoms. The van der Waals surface area contributed by atoms with Gasteiger partial charge in [-0.2, -0.15) is 0 Å². The Balaban J connectivity index is 1.72. The number of aromatic nitrogens is 4. The zero-order chi connectivity index (χ0) is 22.9. The summed E-state index contributed by atoms with van der Waals surface area (Å²) in [5.41, 5.74) is 3.44. The SMILES string of the molecule is COc1cc(Nc2nc(-c3ccc(Cl)cc3)cc(C(C)(C)O)n2)ccc1-n1cnc(C)c1. The first-order valence-corrected chi connectivity index (χ1v) is 10.4. The molecule has 164 valence electrons. The lowest BCUT2D eigenvalue weighted by atomic mass is 10.0. The Morgan fingerprint density at radius 2 is 1.81 bits per heavy atom. The number of hydrogen-bond acceptors (Lipinski definition) is 6. The molecule has 0 fully saturated rings. The van der Waals surface area contributed by atoms with Crippen molar-refractivity contribution in [1.29, 1.82) is 0 Å². The van der Waals surface area contributed by atoms with Crippen LogP contribution in [0.1, 0.15) is 25.2 Å².